The fourth-order valence-electron chi connectivity index (χ4n) is 1.60. The highest BCUT2D eigenvalue weighted by Crippen LogP contribution is 2.31. The summed E-state index contributed by atoms with van der Waals surface area (Å²) in [4.78, 5) is 15.7. The molecule has 0 atom stereocenters. The van der Waals surface area contributed by atoms with Crippen LogP contribution in [0, 0.1) is 13.8 Å². The Kier molecular flexibility index (Phi) is 3.80. The molecule has 0 saturated heterocycles. The first-order valence-electron chi connectivity index (χ1n) is 5.70. The number of carbonyl (C=O) groups excluding carboxylic acids is 1. The summed E-state index contributed by atoms with van der Waals surface area (Å²) in [6, 6.07) is 7.46. The van der Waals surface area contributed by atoms with E-state index in [-0.39, 0.29) is 5.13 Å². The number of alkyl halides is 3. The molecular weight excluding hydrogens is 289 g/mol. The molecule has 2 rings (SSSR count). The van der Waals surface area contributed by atoms with Crippen molar-refractivity contribution in [3.63, 3.8) is 0 Å². The predicted octanol–water partition coefficient (Wildman–Crippen LogP) is 3.93. The zero-order valence-electron chi connectivity index (χ0n) is 10.7. The Labute approximate surface area is 117 Å². The lowest BCUT2D eigenvalue weighted by Crippen LogP contribution is -2.29. The number of nitrogens with one attached hydrogen (secondary N) is 1. The molecule has 1 heterocycles. The molecule has 20 heavy (non-hydrogen) atoms. The quantitative estimate of drug-likeness (QED) is 0.913. The molecule has 0 aliphatic rings. The van der Waals surface area contributed by atoms with E-state index in [4.69, 9.17) is 0 Å². The van der Waals surface area contributed by atoms with Gasteiger partial charge in [-0.25, -0.2) is 4.98 Å². The minimum atomic E-state index is -4.91. The fourth-order valence-corrected chi connectivity index (χ4v) is 2.43. The van der Waals surface area contributed by atoms with Crippen molar-refractivity contribution in [1.82, 2.24) is 4.98 Å². The predicted molar refractivity (Wildman–Crippen MR) is 71.7 cm³/mol. The number of rotatable bonds is 2. The van der Waals surface area contributed by atoms with Crippen molar-refractivity contribution < 1.29 is 18.0 Å². The molecule has 106 valence electrons. The molecule has 1 N–H and O–H groups in total. The lowest BCUT2D eigenvalue weighted by atomic mass is 10.1. The molecule has 0 spiro atoms. The average Bonchev–Trinajstić information content (AvgIpc) is 2.70. The lowest BCUT2D eigenvalue weighted by molar-refractivity contribution is -0.167. The molecule has 1 amide bonds. The van der Waals surface area contributed by atoms with E-state index in [2.05, 4.69) is 4.98 Å². The Morgan fingerprint density at radius 3 is 2.35 bits per heavy atom. The standard InChI is InChI=1S/C13H11F3N2OS/c1-7-3-5-9(6-4-7)10-8(2)20-12(17-10)18-11(19)13(14,15)16/h3-6H,1-2H3,(H,17,18,19). The monoisotopic (exact) mass is 300 g/mol. The number of carbonyl (C=O) groups is 1. The van der Waals surface area contributed by atoms with Gasteiger partial charge in [-0.05, 0) is 13.8 Å². The van der Waals surface area contributed by atoms with Crippen LogP contribution in [0.15, 0.2) is 24.3 Å². The third-order valence-corrected chi connectivity index (χ3v) is 3.49. The molecule has 0 bridgehead atoms. The van der Waals surface area contributed by atoms with Crippen molar-refractivity contribution in [2.24, 2.45) is 0 Å². The number of hydrogen-bond donors (Lipinski definition) is 1. The van der Waals surface area contributed by atoms with Crippen LogP contribution in [-0.2, 0) is 4.79 Å². The maximum Gasteiger partial charge on any atom is 0.471 e. The van der Waals surface area contributed by atoms with Crippen molar-refractivity contribution in [1.29, 1.82) is 0 Å². The summed E-state index contributed by atoms with van der Waals surface area (Å²) in [6.45, 7) is 3.68. The van der Waals surface area contributed by atoms with Gasteiger partial charge >= 0.3 is 12.1 Å². The summed E-state index contributed by atoms with van der Waals surface area (Å²) >= 11 is 1.01. The van der Waals surface area contributed by atoms with Gasteiger partial charge in [-0.3, -0.25) is 10.1 Å². The SMILES string of the molecule is Cc1ccc(-c2nc(NC(=O)C(F)(F)F)sc2C)cc1. The van der Waals surface area contributed by atoms with Crippen molar-refractivity contribution in [2.45, 2.75) is 20.0 Å². The van der Waals surface area contributed by atoms with E-state index < -0.39 is 12.1 Å². The maximum absolute atomic E-state index is 12.2. The first-order valence-corrected chi connectivity index (χ1v) is 6.51. The van der Waals surface area contributed by atoms with Crippen molar-refractivity contribution >= 4 is 22.4 Å². The summed E-state index contributed by atoms with van der Waals surface area (Å²) < 4.78 is 36.5. The van der Waals surface area contributed by atoms with E-state index in [1.807, 2.05) is 31.2 Å². The Morgan fingerprint density at radius 2 is 1.80 bits per heavy atom. The summed E-state index contributed by atoms with van der Waals surface area (Å²) in [7, 11) is 0. The van der Waals surface area contributed by atoms with Crippen molar-refractivity contribution in [3.8, 4) is 11.3 Å². The molecular formula is C13H11F3N2OS. The summed E-state index contributed by atoms with van der Waals surface area (Å²) in [5, 5.41) is 1.71. The number of amides is 1. The third kappa shape index (κ3) is 3.16. The van der Waals surface area contributed by atoms with Gasteiger partial charge in [0.1, 0.15) is 0 Å². The van der Waals surface area contributed by atoms with E-state index >= 15 is 0 Å². The molecule has 1 aromatic carbocycles. The largest absolute Gasteiger partial charge is 0.471 e. The van der Waals surface area contributed by atoms with Crippen LogP contribution in [0.4, 0.5) is 18.3 Å². The number of hydrogen-bond acceptors (Lipinski definition) is 3. The molecule has 1 aromatic heterocycles. The van der Waals surface area contributed by atoms with E-state index in [1.165, 1.54) is 0 Å². The number of nitrogens with zero attached hydrogens (tertiary/aromatic N) is 1. The van der Waals surface area contributed by atoms with Crippen LogP contribution in [0.5, 0.6) is 0 Å². The van der Waals surface area contributed by atoms with Crippen LogP contribution in [0.25, 0.3) is 11.3 Å². The number of halogens is 3. The Balaban J connectivity index is 2.26. The average molecular weight is 300 g/mol. The molecule has 0 radical (unpaired) electrons. The topological polar surface area (TPSA) is 42.0 Å². The Hall–Kier alpha value is -1.89. The van der Waals surface area contributed by atoms with Gasteiger partial charge in [0.05, 0.1) is 5.69 Å². The van der Waals surface area contributed by atoms with Crippen LogP contribution >= 0.6 is 11.3 Å². The molecule has 3 nitrogen and oxygen atoms in total. The molecule has 0 saturated carbocycles. The van der Waals surface area contributed by atoms with Gasteiger partial charge in [0, 0.05) is 10.4 Å². The van der Waals surface area contributed by atoms with Crippen molar-refractivity contribution in [2.75, 3.05) is 5.32 Å². The minimum Gasteiger partial charge on any atom is -0.294 e. The van der Waals surface area contributed by atoms with Gasteiger partial charge in [-0.15, -0.1) is 11.3 Å². The van der Waals surface area contributed by atoms with Gasteiger partial charge in [0.15, 0.2) is 5.13 Å². The number of aromatic nitrogens is 1. The van der Waals surface area contributed by atoms with Crippen LogP contribution in [-0.4, -0.2) is 17.1 Å². The van der Waals surface area contributed by atoms with Crippen LogP contribution in [0.2, 0.25) is 0 Å². The second-order valence-electron chi connectivity index (χ2n) is 4.24. The molecule has 7 heteroatoms. The van der Waals surface area contributed by atoms with Gasteiger partial charge in [0.2, 0.25) is 0 Å². The number of benzene rings is 1. The Morgan fingerprint density at radius 1 is 1.20 bits per heavy atom. The van der Waals surface area contributed by atoms with E-state index in [9.17, 15) is 18.0 Å². The highest BCUT2D eigenvalue weighted by Gasteiger charge is 2.39. The van der Waals surface area contributed by atoms with Gasteiger partial charge < -0.3 is 0 Å². The third-order valence-electron chi connectivity index (χ3n) is 2.60. The summed E-state index contributed by atoms with van der Waals surface area (Å²) in [5.74, 6) is -2.01. The molecule has 0 aliphatic carbocycles. The maximum atomic E-state index is 12.2. The van der Waals surface area contributed by atoms with Crippen LogP contribution < -0.4 is 5.32 Å². The zero-order chi connectivity index (χ0) is 14.9. The summed E-state index contributed by atoms with van der Waals surface area (Å²) in [6.07, 6.45) is -4.91. The van der Waals surface area contributed by atoms with Gasteiger partial charge in [-0.1, -0.05) is 29.8 Å². The zero-order valence-corrected chi connectivity index (χ0v) is 11.5. The summed E-state index contributed by atoms with van der Waals surface area (Å²) in [5.41, 5.74) is 2.46. The molecule has 0 fully saturated rings. The van der Waals surface area contributed by atoms with Gasteiger partial charge in [-0.2, -0.15) is 13.2 Å². The highest BCUT2D eigenvalue weighted by atomic mass is 32.1. The van der Waals surface area contributed by atoms with Gasteiger partial charge in [0.25, 0.3) is 0 Å². The minimum absolute atomic E-state index is 0.0552. The number of thiazole rings is 1. The van der Waals surface area contributed by atoms with Crippen LogP contribution in [0.3, 0.4) is 0 Å². The normalized spacial score (nSPS) is 11.4. The Bertz CT molecular complexity index is 632. The first-order chi connectivity index (χ1) is 9.27. The van der Waals surface area contributed by atoms with E-state index in [1.54, 1.807) is 12.2 Å². The molecule has 2 aromatic rings. The second kappa shape index (κ2) is 5.24. The highest BCUT2D eigenvalue weighted by molar-refractivity contribution is 7.16. The lowest BCUT2D eigenvalue weighted by Gasteiger charge is -2.04. The fraction of sp³-hybridized carbons (Fsp3) is 0.231. The first kappa shape index (κ1) is 14.5. The van der Waals surface area contributed by atoms with E-state index in [0.717, 1.165) is 27.3 Å². The smallest absolute Gasteiger partial charge is 0.294 e. The second-order valence-corrected chi connectivity index (χ2v) is 5.44. The van der Waals surface area contributed by atoms with E-state index in [0.29, 0.717) is 5.69 Å². The van der Waals surface area contributed by atoms with Crippen molar-refractivity contribution in [3.05, 3.63) is 34.7 Å². The molecule has 0 aliphatic heterocycles. The molecule has 0 unspecified atom stereocenters. The number of aryl methyl sites for hydroxylation is 2. The van der Waals surface area contributed by atoms with Crippen LogP contribution in [0.1, 0.15) is 10.4 Å². The number of anilines is 1.